The van der Waals surface area contributed by atoms with Crippen LogP contribution in [0.1, 0.15) is 64.7 Å². The first-order chi connectivity index (χ1) is 15.8. The molecule has 1 saturated heterocycles. The molecule has 1 fully saturated rings. The van der Waals surface area contributed by atoms with E-state index < -0.39 is 39.3 Å². The number of unbranched alkanes of at least 4 members (excludes halogenated alkanes) is 7. The van der Waals surface area contributed by atoms with Gasteiger partial charge in [-0.3, -0.25) is 19.7 Å². The summed E-state index contributed by atoms with van der Waals surface area (Å²) in [4.78, 5) is 34.7. The molecule has 1 aromatic carbocycles. The van der Waals surface area contributed by atoms with E-state index >= 15 is 0 Å². The van der Waals surface area contributed by atoms with Crippen molar-refractivity contribution in [2.75, 3.05) is 19.7 Å². The Hall–Kier alpha value is -2.53. The number of nitrogens with one attached hydrogen (secondary N) is 1. The molecule has 11 heteroatoms. The van der Waals surface area contributed by atoms with E-state index in [1.54, 1.807) is 0 Å². The normalized spacial score (nSPS) is 16.9. The van der Waals surface area contributed by atoms with E-state index in [1.807, 2.05) is 0 Å². The maximum Gasteiger partial charge on any atom is 0.307 e. The molecule has 1 aromatic rings. The summed E-state index contributed by atoms with van der Waals surface area (Å²) >= 11 is 0. The van der Waals surface area contributed by atoms with E-state index in [-0.39, 0.29) is 30.3 Å². The van der Waals surface area contributed by atoms with Crippen molar-refractivity contribution >= 4 is 27.6 Å². The number of piperazine rings is 1. The number of hydrogen-bond acceptors (Lipinski definition) is 7. The molecule has 184 valence electrons. The Morgan fingerprint density at radius 1 is 1.12 bits per heavy atom. The molecule has 0 spiro atoms. The molecule has 10 nitrogen and oxygen atoms in total. The highest BCUT2D eigenvalue weighted by molar-refractivity contribution is 7.89. The van der Waals surface area contributed by atoms with Crippen LogP contribution in [0, 0.1) is 10.1 Å². The van der Waals surface area contributed by atoms with Gasteiger partial charge in [0.1, 0.15) is 6.04 Å². The average Bonchev–Trinajstić information content (AvgIpc) is 2.79. The molecule has 1 aliphatic rings. The first kappa shape index (κ1) is 26.7. The predicted molar refractivity (Wildman–Crippen MR) is 122 cm³/mol. The highest BCUT2D eigenvalue weighted by Gasteiger charge is 2.40. The van der Waals surface area contributed by atoms with Gasteiger partial charge < -0.3 is 10.1 Å². The zero-order valence-corrected chi connectivity index (χ0v) is 19.8. The predicted octanol–water partition coefficient (Wildman–Crippen LogP) is 3.16. The van der Waals surface area contributed by atoms with Crippen LogP contribution in [-0.2, 0) is 24.3 Å². The van der Waals surface area contributed by atoms with Crippen molar-refractivity contribution in [2.45, 2.75) is 75.6 Å². The number of carbonyl (C=O) groups excluding carboxylic acids is 2. The smallest absolute Gasteiger partial charge is 0.307 e. The summed E-state index contributed by atoms with van der Waals surface area (Å²) in [5.41, 5.74) is -0.244. The van der Waals surface area contributed by atoms with Gasteiger partial charge in [-0.05, 0) is 18.6 Å². The van der Waals surface area contributed by atoms with Gasteiger partial charge in [0.05, 0.1) is 22.8 Å². The summed E-state index contributed by atoms with van der Waals surface area (Å²) in [5, 5.41) is 13.4. The van der Waals surface area contributed by atoms with Crippen molar-refractivity contribution < 1.29 is 27.7 Å². The third-order valence-electron chi connectivity index (χ3n) is 5.56. The highest BCUT2D eigenvalue weighted by atomic mass is 32.2. The van der Waals surface area contributed by atoms with Gasteiger partial charge in [-0.25, -0.2) is 8.42 Å². The number of sulfonamides is 1. The standard InChI is InChI=1S/C22H33N3O7S/c1-2-3-4-5-6-7-8-9-16-32-21(26)17-20-22(27)23-14-15-24(20)33(30,31)19-12-10-18(11-13-19)25(28)29/h10-13,20H,2-9,14-17H2,1H3,(H,23,27). The van der Waals surface area contributed by atoms with Gasteiger partial charge >= 0.3 is 5.97 Å². The summed E-state index contributed by atoms with van der Waals surface area (Å²) in [7, 11) is -4.13. The lowest BCUT2D eigenvalue weighted by Crippen LogP contribution is -2.57. The van der Waals surface area contributed by atoms with Crippen LogP contribution in [-0.4, -0.2) is 55.3 Å². The van der Waals surface area contributed by atoms with Crippen molar-refractivity contribution in [3.05, 3.63) is 34.4 Å². The SMILES string of the molecule is CCCCCCCCCCOC(=O)CC1C(=O)NCCN1S(=O)(=O)c1ccc([N+](=O)[O-])cc1. The van der Waals surface area contributed by atoms with Gasteiger partial charge in [-0.1, -0.05) is 51.9 Å². The average molecular weight is 484 g/mol. The number of nitrogens with zero attached hydrogens (tertiary/aromatic N) is 2. The second-order valence-electron chi connectivity index (χ2n) is 8.07. The summed E-state index contributed by atoms with van der Waals surface area (Å²) in [5.74, 6) is -1.21. The summed E-state index contributed by atoms with van der Waals surface area (Å²) in [6.07, 6.45) is 8.43. The monoisotopic (exact) mass is 483 g/mol. The van der Waals surface area contributed by atoms with Crippen LogP contribution >= 0.6 is 0 Å². The fourth-order valence-corrected chi connectivity index (χ4v) is 5.28. The molecule has 33 heavy (non-hydrogen) atoms. The number of amides is 1. The Kier molecular flexibility index (Phi) is 10.7. The van der Waals surface area contributed by atoms with Crippen LogP contribution < -0.4 is 5.32 Å². The molecule has 1 unspecified atom stereocenters. The van der Waals surface area contributed by atoms with E-state index in [9.17, 15) is 28.1 Å². The molecule has 1 aliphatic heterocycles. The van der Waals surface area contributed by atoms with Crippen LogP contribution in [0.3, 0.4) is 0 Å². The molecule has 0 aliphatic carbocycles. The fourth-order valence-electron chi connectivity index (χ4n) is 3.69. The van der Waals surface area contributed by atoms with Gasteiger partial charge in [-0.15, -0.1) is 0 Å². The number of ether oxygens (including phenoxy) is 1. The van der Waals surface area contributed by atoms with Crippen molar-refractivity contribution in [3.8, 4) is 0 Å². The number of esters is 1. The van der Waals surface area contributed by atoms with Crippen molar-refractivity contribution in [1.82, 2.24) is 9.62 Å². The lowest BCUT2D eigenvalue weighted by Gasteiger charge is -2.33. The van der Waals surface area contributed by atoms with Crippen LogP contribution in [0.4, 0.5) is 5.69 Å². The summed E-state index contributed by atoms with van der Waals surface area (Å²) in [6, 6.07) is 3.19. The molecule has 1 amide bonds. The Bertz CT molecular complexity index is 903. The zero-order chi connectivity index (χ0) is 24.3. The first-order valence-corrected chi connectivity index (χ1v) is 12.9. The zero-order valence-electron chi connectivity index (χ0n) is 19.0. The van der Waals surface area contributed by atoms with E-state index in [0.29, 0.717) is 0 Å². The second-order valence-corrected chi connectivity index (χ2v) is 9.96. The van der Waals surface area contributed by atoms with Crippen molar-refractivity contribution in [3.63, 3.8) is 0 Å². The second kappa shape index (κ2) is 13.2. The molecular formula is C22H33N3O7S. The minimum atomic E-state index is -4.13. The van der Waals surface area contributed by atoms with Crippen LogP contribution in [0.5, 0.6) is 0 Å². The number of benzene rings is 1. The lowest BCUT2D eigenvalue weighted by molar-refractivity contribution is -0.384. The third-order valence-corrected chi connectivity index (χ3v) is 7.48. The molecule has 0 radical (unpaired) electrons. The number of carbonyl (C=O) groups is 2. The van der Waals surface area contributed by atoms with Crippen LogP contribution in [0.2, 0.25) is 0 Å². The fraction of sp³-hybridized carbons (Fsp3) is 0.636. The molecule has 0 saturated carbocycles. The Balaban J connectivity index is 1.89. The summed E-state index contributed by atoms with van der Waals surface area (Å²) in [6.45, 7) is 2.50. The first-order valence-electron chi connectivity index (χ1n) is 11.5. The van der Waals surface area contributed by atoms with Gasteiger partial charge in [0, 0.05) is 25.2 Å². The van der Waals surface area contributed by atoms with E-state index in [1.165, 1.54) is 25.7 Å². The molecule has 0 aromatic heterocycles. The molecule has 1 N–H and O–H groups in total. The molecular weight excluding hydrogens is 450 g/mol. The molecule has 1 heterocycles. The van der Waals surface area contributed by atoms with Gasteiger partial charge in [0.15, 0.2) is 0 Å². The minimum absolute atomic E-state index is 0.0129. The third kappa shape index (κ3) is 8.08. The van der Waals surface area contributed by atoms with Crippen molar-refractivity contribution in [1.29, 1.82) is 0 Å². The number of rotatable bonds is 14. The molecule has 2 rings (SSSR count). The topological polar surface area (TPSA) is 136 Å². The maximum absolute atomic E-state index is 13.1. The number of nitro benzene ring substituents is 1. The van der Waals surface area contributed by atoms with Gasteiger partial charge in [0.2, 0.25) is 15.9 Å². The van der Waals surface area contributed by atoms with Crippen LogP contribution in [0.25, 0.3) is 0 Å². The van der Waals surface area contributed by atoms with E-state index in [2.05, 4.69) is 12.2 Å². The Labute approximate surface area is 194 Å². The highest BCUT2D eigenvalue weighted by Crippen LogP contribution is 2.24. The van der Waals surface area contributed by atoms with Gasteiger partial charge in [0.25, 0.3) is 5.69 Å². The molecule has 0 bridgehead atoms. The minimum Gasteiger partial charge on any atom is -0.466 e. The van der Waals surface area contributed by atoms with E-state index in [4.69, 9.17) is 4.74 Å². The largest absolute Gasteiger partial charge is 0.466 e. The lowest BCUT2D eigenvalue weighted by atomic mass is 10.1. The van der Waals surface area contributed by atoms with Crippen LogP contribution in [0.15, 0.2) is 29.2 Å². The van der Waals surface area contributed by atoms with Crippen molar-refractivity contribution in [2.24, 2.45) is 0 Å². The number of hydrogen-bond donors (Lipinski definition) is 1. The summed E-state index contributed by atoms with van der Waals surface area (Å²) < 4.78 is 32.3. The number of non-ortho nitro benzene ring substituents is 1. The van der Waals surface area contributed by atoms with E-state index in [0.717, 1.165) is 54.3 Å². The molecule has 1 atom stereocenters. The quantitative estimate of drug-likeness (QED) is 0.186. The number of nitro groups is 1. The Morgan fingerprint density at radius 3 is 2.33 bits per heavy atom. The van der Waals surface area contributed by atoms with Gasteiger partial charge in [-0.2, -0.15) is 4.31 Å². The maximum atomic E-state index is 13.1. The Morgan fingerprint density at radius 2 is 1.73 bits per heavy atom.